The summed E-state index contributed by atoms with van der Waals surface area (Å²) in [5.41, 5.74) is 22.8. The minimum absolute atomic E-state index is 0. The van der Waals surface area contributed by atoms with Gasteiger partial charge in [-0.2, -0.15) is 0 Å². The molecular formula is C15H23N13O3+2. The van der Waals surface area contributed by atoms with E-state index < -0.39 is 0 Å². The maximum atomic E-state index is 7.65. The van der Waals surface area contributed by atoms with Crippen LogP contribution < -0.4 is 22.9 Å². The van der Waals surface area contributed by atoms with Crippen LogP contribution >= 0.6 is 0 Å². The topological polar surface area (TPSA) is 325 Å². The van der Waals surface area contributed by atoms with Gasteiger partial charge in [0.25, 0.3) is 0 Å². The van der Waals surface area contributed by atoms with Crippen LogP contribution in [0, 0.1) is 5.41 Å². The van der Waals surface area contributed by atoms with Crippen molar-refractivity contribution in [2.75, 3.05) is 0 Å². The molecule has 16 heteroatoms. The van der Waals surface area contributed by atoms with Crippen molar-refractivity contribution < 1.29 is 26.0 Å². The lowest BCUT2D eigenvalue weighted by atomic mass is 10.1. The Bertz CT molecular complexity index is 918. The molecule has 0 aromatic heterocycles. The van der Waals surface area contributed by atoms with Gasteiger partial charge in [0.05, 0.1) is 21.0 Å². The molecule has 0 amide bonds. The van der Waals surface area contributed by atoms with E-state index in [-0.39, 0.29) is 34.3 Å². The first-order valence-electron chi connectivity index (χ1n) is 7.64. The average Bonchev–Trinajstić information content (AvgIpc) is 2.69. The normalized spacial score (nSPS) is 12.6. The van der Waals surface area contributed by atoms with Crippen molar-refractivity contribution in [1.82, 2.24) is 0 Å². The molecule has 0 heterocycles. The van der Waals surface area contributed by atoms with Gasteiger partial charge in [0.1, 0.15) is 0 Å². The molecule has 164 valence electrons. The van der Waals surface area contributed by atoms with Gasteiger partial charge in [-0.25, -0.2) is 0 Å². The molecule has 0 atom stereocenters. The number of allylic oxidation sites excluding steroid dienone is 8. The van der Waals surface area contributed by atoms with Gasteiger partial charge in [-0.3, -0.25) is 5.41 Å². The lowest BCUT2D eigenvalue weighted by Gasteiger charge is -1.92. The molecule has 0 fully saturated rings. The van der Waals surface area contributed by atoms with Crippen molar-refractivity contribution in [3.8, 4) is 0 Å². The third-order valence-electron chi connectivity index (χ3n) is 2.78. The van der Waals surface area contributed by atoms with Gasteiger partial charge in [-0.1, -0.05) is 0 Å². The number of hydrogen-bond acceptors (Lipinski definition) is 5. The zero-order valence-electron chi connectivity index (χ0n) is 16.0. The maximum Gasteiger partial charge on any atom is 0.406 e. The van der Waals surface area contributed by atoms with Crippen LogP contribution in [0.4, 0.5) is 0 Å². The van der Waals surface area contributed by atoms with Crippen LogP contribution in [-0.2, 0) is 0 Å². The molecule has 0 spiro atoms. The third-order valence-corrected chi connectivity index (χ3v) is 2.78. The minimum Gasteiger partial charge on any atom is -0.412 e. The Morgan fingerprint density at radius 2 is 0.935 bits per heavy atom. The van der Waals surface area contributed by atoms with E-state index in [1.807, 2.05) is 0 Å². The highest BCUT2D eigenvalue weighted by atomic mass is 16.0. The second-order valence-electron chi connectivity index (χ2n) is 5.01. The summed E-state index contributed by atoms with van der Waals surface area (Å²) in [7, 11) is 0. The molecule has 2 aliphatic rings. The number of nitrogens with one attached hydrogen (secondary N) is 1. The molecule has 16 nitrogen and oxygen atoms in total. The summed E-state index contributed by atoms with van der Waals surface area (Å²) in [4.78, 5) is 7.75. The van der Waals surface area contributed by atoms with Crippen LogP contribution in [0.5, 0.6) is 0 Å². The standard InChI is InChI=1S/C15H15N13.3H2O/c16-13(17)25-21-9-1-5-11(6-2-9)23-27-15(20)28-24-12-7-3-10(4-8-12)22-26-14(18)19;;;/h1-8,20H,(H6,16,17,18,19);3*1H2/p+2. The zero-order valence-corrected chi connectivity index (χ0v) is 16.0. The summed E-state index contributed by atoms with van der Waals surface area (Å²) in [6.07, 6.45) is 13.1. The minimum atomic E-state index is -0.372. The monoisotopic (exact) mass is 433 g/mol. The first-order valence-corrected chi connectivity index (χ1v) is 7.64. The number of hydrogen-bond donors (Lipinski definition) is 5. The van der Waals surface area contributed by atoms with E-state index in [1.165, 1.54) is 0 Å². The SMILES string of the molecule is N=C(N=[N+]=C1C=CC(=NN=C(N)N)C=C1)N=[N+]=C1C=CC(=NN=C(N)N)C=C1.O.O.O. The maximum absolute atomic E-state index is 7.65. The Balaban J connectivity index is 0. The molecule has 0 saturated carbocycles. The molecule has 2 rings (SSSR count). The largest absolute Gasteiger partial charge is 0.412 e. The van der Waals surface area contributed by atoms with Crippen molar-refractivity contribution in [2.45, 2.75) is 0 Å². The molecule has 0 aliphatic heterocycles. The van der Waals surface area contributed by atoms with Gasteiger partial charge in [0.2, 0.25) is 11.9 Å². The summed E-state index contributed by atoms with van der Waals surface area (Å²) in [5, 5.41) is 29.6. The first-order chi connectivity index (χ1) is 13.4. The van der Waals surface area contributed by atoms with Crippen LogP contribution in [0.15, 0.2) is 79.2 Å². The molecule has 0 aromatic rings. The van der Waals surface area contributed by atoms with E-state index >= 15 is 0 Å². The molecule has 2 aliphatic carbocycles. The Morgan fingerprint density at radius 3 is 1.23 bits per heavy atom. The molecule has 31 heavy (non-hydrogen) atoms. The second kappa shape index (κ2) is 14.2. The van der Waals surface area contributed by atoms with E-state index in [9.17, 15) is 0 Å². The van der Waals surface area contributed by atoms with Crippen LogP contribution in [0.1, 0.15) is 0 Å². The average molecular weight is 433 g/mol. The molecule has 15 N–H and O–H groups in total. The summed E-state index contributed by atoms with van der Waals surface area (Å²) in [6, 6.07) is 0. The van der Waals surface area contributed by atoms with Gasteiger partial charge < -0.3 is 39.4 Å². The summed E-state index contributed by atoms with van der Waals surface area (Å²) in [6.45, 7) is 0. The van der Waals surface area contributed by atoms with E-state index in [4.69, 9.17) is 28.3 Å². The van der Waals surface area contributed by atoms with Gasteiger partial charge in [-0.15, -0.1) is 20.4 Å². The van der Waals surface area contributed by atoms with Crippen molar-refractivity contribution >= 4 is 40.7 Å². The van der Waals surface area contributed by atoms with Gasteiger partial charge in [-0.05, 0) is 24.3 Å². The Hall–Kier alpha value is -4.85. The van der Waals surface area contributed by atoms with Crippen molar-refractivity contribution in [3.05, 3.63) is 48.6 Å². The Morgan fingerprint density at radius 1 is 0.613 bits per heavy atom. The zero-order chi connectivity index (χ0) is 20.4. The Labute approximate surface area is 175 Å². The lowest BCUT2D eigenvalue weighted by Crippen LogP contribution is -2.22. The predicted octanol–water partition coefficient (Wildman–Crippen LogP) is -3.84. The molecule has 0 bridgehead atoms. The van der Waals surface area contributed by atoms with Gasteiger partial charge >= 0.3 is 17.4 Å². The summed E-state index contributed by atoms with van der Waals surface area (Å²) >= 11 is 0. The fraction of sp³-hybridized carbons (Fsp3) is 0. The third kappa shape index (κ3) is 10.9. The molecule has 0 aromatic carbocycles. The van der Waals surface area contributed by atoms with Crippen LogP contribution in [-0.4, -0.2) is 66.7 Å². The lowest BCUT2D eigenvalue weighted by molar-refractivity contribution is -0.0876. The second-order valence-corrected chi connectivity index (χ2v) is 5.01. The highest BCUT2D eigenvalue weighted by Crippen LogP contribution is 1.97. The highest BCUT2D eigenvalue weighted by molar-refractivity contribution is 6.17. The first kappa shape index (κ1) is 28.4. The van der Waals surface area contributed by atoms with E-state index in [1.54, 1.807) is 48.6 Å². The van der Waals surface area contributed by atoms with Crippen LogP contribution in [0.25, 0.3) is 0 Å². The van der Waals surface area contributed by atoms with E-state index in [0.29, 0.717) is 22.8 Å². The predicted molar refractivity (Wildman–Crippen MR) is 117 cm³/mol. The Kier molecular flexibility index (Phi) is 13.0. The van der Waals surface area contributed by atoms with E-state index in [0.717, 1.165) is 0 Å². The molecular weight excluding hydrogens is 410 g/mol. The number of guanidine groups is 3. The molecule has 0 radical (unpaired) electrons. The fourth-order valence-corrected chi connectivity index (χ4v) is 1.63. The number of nitrogens with zero attached hydrogens (tertiary/aromatic N) is 8. The van der Waals surface area contributed by atoms with E-state index in [2.05, 4.69) is 40.2 Å². The van der Waals surface area contributed by atoms with Crippen molar-refractivity contribution in [1.29, 1.82) is 5.41 Å². The molecule has 0 saturated heterocycles. The fourth-order valence-electron chi connectivity index (χ4n) is 1.63. The van der Waals surface area contributed by atoms with Gasteiger partial charge in [0, 0.05) is 24.3 Å². The van der Waals surface area contributed by atoms with Crippen molar-refractivity contribution in [2.24, 2.45) is 53.6 Å². The van der Waals surface area contributed by atoms with Crippen LogP contribution in [0.2, 0.25) is 0 Å². The quantitative estimate of drug-likeness (QED) is 0.0728. The van der Waals surface area contributed by atoms with Gasteiger partial charge in [0.15, 0.2) is 10.2 Å². The number of nitrogens with two attached hydrogens (primary N) is 4. The smallest absolute Gasteiger partial charge is 0.406 e. The number of rotatable bonds is 2. The summed E-state index contributed by atoms with van der Waals surface area (Å²) < 4.78 is 0. The van der Waals surface area contributed by atoms with Crippen molar-refractivity contribution in [3.63, 3.8) is 0 Å². The van der Waals surface area contributed by atoms with Crippen LogP contribution in [0.3, 0.4) is 0 Å². The molecule has 0 unspecified atom stereocenters. The highest BCUT2D eigenvalue weighted by Gasteiger charge is 2.11. The summed E-state index contributed by atoms with van der Waals surface area (Å²) in [5.74, 6) is -0.649.